The van der Waals surface area contributed by atoms with E-state index >= 15 is 0 Å². The first-order chi connectivity index (χ1) is 15.6. The van der Waals surface area contributed by atoms with Crippen LogP contribution in [0, 0.1) is 5.82 Å². The Hall–Kier alpha value is -3.38. The van der Waals surface area contributed by atoms with Gasteiger partial charge in [-0.05, 0) is 61.5 Å². The minimum absolute atomic E-state index is 0.0204. The van der Waals surface area contributed by atoms with Crippen LogP contribution in [-0.4, -0.2) is 24.3 Å². The van der Waals surface area contributed by atoms with Crippen molar-refractivity contribution in [3.63, 3.8) is 0 Å². The number of allylic oxidation sites excluding steroid dienone is 1. The maximum atomic E-state index is 13.5. The number of carbonyl (C=O) groups is 1. The van der Waals surface area contributed by atoms with E-state index in [9.17, 15) is 9.18 Å². The van der Waals surface area contributed by atoms with Crippen molar-refractivity contribution in [1.29, 1.82) is 0 Å². The molecule has 3 aromatic carbocycles. The van der Waals surface area contributed by atoms with Gasteiger partial charge in [0.2, 0.25) is 0 Å². The zero-order valence-electron chi connectivity index (χ0n) is 17.5. The van der Waals surface area contributed by atoms with Gasteiger partial charge in [-0.15, -0.1) is 0 Å². The molecule has 0 saturated carbocycles. The lowest BCUT2D eigenvalue weighted by Gasteiger charge is -2.13. The highest BCUT2D eigenvalue weighted by Crippen LogP contribution is 2.41. The topological polar surface area (TPSA) is 50.7 Å². The molecule has 0 aliphatic carbocycles. The third-order valence-corrected chi connectivity index (χ3v) is 6.59. The van der Waals surface area contributed by atoms with Gasteiger partial charge in [-0.25, -0.2) is 9.38 Å². The number of aliphatic imine (C=N–C) groups is 1. The minimum Gasteiger partial charge on any atom is -0.493 e. The van der Waals surface area contributed by atoms with Gasteiger partial charge in [0.25, 0.3) is 5.91 Å². The Labute approximate surface area is 190 Å². The first-order valence-electron chi connectivity index (χ1n) is 10.4. The smallest absolute Gasteiger partial charge is 0.251 e. The number of carbonyl (C=O) groups excluding carboxylic acids is 1. The Morgan fingerprint density at radius 1 is 1.12 bits per heavy atom. The molecule has 4 nitrogen and oxygen atoms in total. The summed E-state index contributed by atoms with van der Waals surface area (Å²) in [5.74, 6) is 0.446. The third-order valence-electron chi connectivity index (χ3n) is 5.44. The number of nitrogens with one attached hydrogen (secondary N) is 1. The molecule has 0 bridgehead atoms. The number of rotatable bonds is 4. The molecule has 1 amide bonds. The average molecular weight is 445 g/mol. The molecule has 6 heteroatoms. The first kappa shape index (κ1) is 20.5. The van der Waals surface area contributed by atoms with Gasteiger partial charge in [0, 0.05) is 32.9 Å². The van der Waals surface area contributed by atoms with Crippen LogP contribution >= 0.6 is 11.8 Å². The Morgan fingerprint density at radius 3 is 2.72 bits per heavy atom. The number of fused-ring (bicyclic) bond motifs is 2. The van der Waals surface area contributed by atoms with Crippen molar-refractivity contribution >= 4 is 29.1 Å². The van der Waals surface area contributed by atoms with Crippen molar-refractivity contribution < 1.29 is 13.9 Å². The van der Waals surface area contributed by atoms with E-state index in [1.807, 2.05) is 55.5 Å². The second kappa shape index (κ2) is 8.63. The molecular formula is C26H21FN2O2S. The van der Waals surface area contributed by atoms with E-state index in [-0.39, 0.29) is 17.8 Å². The largest absolute Gasteiger partial charge is 0.493 e. The summed E-state index contributed by atoms with van der Waals surface area (Å²) in [5.41, 5.74) is 3.81. The van der Waals surface area contributed by atoms with Crippen molar-refractivity contribution in [3.8, 4) is 0 Å². The van der Waals surface area contributed by atoms with Gasteiger partial charge in [-0.2, -0.15) is 0 Å². The molecular weight excluding hydrogens is 423 g/mol. The summed E-state index contributed by atoms with van der Waals surface area (Å²) < 4.78 is 19.2. The lowest BCUT2D eigenvalue weighted by atomic mass is 10.0. The maximum Gasteiger partial charge on any atom is 0.251 e. The molecule has 160 valence electrons. The standard InChI is InChI=1S/C26H21FN2O2S/c1-16-6-12-20(31-16)15-28-26(30)18-9-13-24-22(14-18)29-25(17-7-10-19(27)11-8-17)21-4-2-3-5-23(21)32-24/h2-11,13-14,20H,12,15H2,1H3,(H,28,30). The molecule has 0 aromatic heterocycles. The zero-order valence-corrected chi connectivity index (χ0v) is 18.3. The van der Waals surface area contributed by atoms with E-state index in [1.54, 1.807) is 23.9 Å². The zero-order chi connectivity index (χ0) is 22.1. The summed E-state index contributed by atoms with van der Waals surface area (Å²) in [6, 6.07) is 19.9. The van der Waals surface area contributed by atoms with Gasteiger partial charge in [0.05, 0.1) is 23.7 Å². The molecule has 2 heterocycles. The molecule has 1 atom stereocenters. The number of hydrogen-bond acceptors (Lipinski definition) is 4. The first-order valence-corrected chi connectivity index (χ1v) is 11.3. The second-order valence-corrected chi connectivity index (χ2v) is 8.83. The Kier molecular flexibility index (Phi) is 5.53. The number of amides is 1. The molecule has 3 aromatic rings. The number of nitrogens with zero attached hydrogens (tertiary/aromatic N) is 1. The quantitative estimate of drug-likeness (QED) is 0.428. The Bertz CT molecular complexity index is 1250. The summed E-state index contributed by atoms with van der Waals surface area (Å²) in [6.45, 7) is 2.37. The van der Waals surface area contributed by atoms with Crippen LogP contribution in [0.1, 0.15) is 34.8 Å². The predicted octanol–water partition coefficient (Wildman–Crippen LogP) is 5.88. The van der Waals surface area contributed by atoms with E-state index in [0.29, 0.717) is 17.8 Å². The molecule has 2 aliphatic rings. The van der Waals surface area contributed by atoms with Crippen LogP contribution in [0.2, 0.25) is 0 Å². The Morgan fingerprint density at radius 2 is 1.94 bits per heavy atom. The van der Waals surface area contributed by atoms with Gasteiger partial charge < -0.3 is 10.1 Å². The van der Waals surface area contributed by atoms with Gasteiger partial charge >= 0.3 is 0 Å². The number of benzene rings is 3. The third kappa shape index (κ3) is 4.18. The fourth-order valence-electron chi connectivity index (χ4n) is 3.80. The maximum absolute atomic E-state index is 13.5. The molecule has 1 unspecified atom stereocenters. The van der Waals surface area contributed by atoms with Crippen LogP contribution in [0.4, 0.5) is 10.1 Å². The number of ether oxygens (including phenoxy) is 1. The van der Waals surface area contributed by atoms with Crippen molar-refractivity contribution in [2.75, 3.05) is 6.54 Å². The Balaban J connectivity index is 1.47. The van der Waals surface area contributed by atoms with Gasteiger partial charge in [0.1, 0.15) is 11.9 Å². The molecule has 1 N–H and O–H groups in total. The van der Waals surface area contributed by atoms with Crippen LogP contribution in [0.25, 0.3) is 0 Å². The second-order valence-electron chi connectivity index (χ2n) is 7.75. The van der Waals surface area contributed by atoms with Crippen LogP contribution in [0.5, 0.6) is 0 Å². The van der Waals surface area contributed by atoms with Crippen molar-refractivity contribution in [3.05, 3.63) is 101 Å². The molecule has 32 heavy (non-hydrogen) atoms. The highest BCUT2D eigenvalue weighted by Gasteiger charge is 2.21. The minimum atomic E-state index is -0.290. The number of hydrogen-bond donors (Lipinski definition) is 1. The lowest BCUT2D eigenvalue weighted by molar-refractivity contribution is 0.0903. The fraction of sp³-hybridized carbons (Fsp3) is 0.154. The SMILES string of the molecule is CC1=CCC(CNC(=O)c2ccc3c(c2)N=C(c2ccc(F)cc2)c2ccccc2S3)O1. The van der Waals surface area contributed by atoms with E-state index in [2.05, 4.69) is 5.32 Å². The normalized spacial score (nSPS) is 16.8. The van der Waals surface area contributed by atoms with Crippen LogP contribution in [0.3, 0.4) is 0 Å². The van der Waals surface area contributed by atoms with E-state index in [1.165, 1.54) is 12.1 Å². The summed E-state index contributed by atoms with van der Waals surface area (Å²) in [6.07, 6.45) is 2.81. The summed E-state index contributed by atoms with van der Waals surface area (Å²) in [7, 11) is 0. The summed E-state index contributed by atoms with van der Waals surface area (Å²) >= 11 is 1.61. The van der Waals surface area contributed by atoms with E-state index in [4.69, 9.17) is 9.73 Å². The van der Waals surface area contributed by atoms with E-state index in [0.717, 1.165) is 38.8 Å². The van der Waals surface area contributed by atoms with Gasteiger partial charge in [-0.1, -0.05) is 30.0 Å². The fourth-order valence-corrected chi connectivity index (χ4v) is 4.80. The van der Waals surface area contributed by atoms with Crippen molar-refractivity contribution in [1.82, 2.24) is 5.32 Å². The monoisotopic (exact) mass is 444 g/mol. The van der Waals surface area contributed by atoms with Crippen LogP contribution in [0.15, 0.2) is 93.3 Å². The molecule has 0 saturated heterocycles. The molecule has 0 spiro atoms. The predicted molar refractivity (Wildman–Crippen MR) is 124 cm³/mol. The average Bonchev–Trinajstić information content (AvgIpc) is 3.15. The van der Waals surface area contributed by atoms with Gasteiger partial charge in [0.15, 0.2) is 0 Å². The summed E-state index contributed by atoms with van der Waals surface area (Å²) in [4.78, 5) is 19.7. The van der Waals surface area contributed by atoms with Crippen LogP contribution in [-0.2, 0) is 4.74 Å². The van der Waals surface area contributed by atoms with E-state index < -0.39 is 0 Å². The molecule has 5 rings (SSSR count). The van der Waals surface area contributed by atoms with Crippen molar-refractivity contribution in [2.45, 2.75) is 29.2 Å². The highest BCUT2D eigenvalue weighted by atomic mass is 32.2. The molecule has 0 fully saturated rings. The van der Waals surface area contributed by atoms with Gasteiger partial charge in [-0.3, -0.25) is 4.79 Å². The summed E-state index contributed by atoms with van der Waals surface area (Å²) in [5, 5.41) is 2.96. The van der Waals surface area contributed by atoms with Crippen LogP contribution < -0.4 is 5.32 Å². The molecule has 2 aliphatic heterocycles. The molecule has 0 radical (unpaired) electrons. The number of halogens is 1. The lowest BCUT2D eigenvalue weighted by Crippen LogP contribution is -2.31. The van der Waals surface area contributed by atoms with Crippen molar-refractivity contribution in [2.24, 2.45) is 4.99 Å². The highest BCUT2D eigenvalue weighted by molar-refractivity contribution is 7.99.